The van der Waals surface area contributed by atoms with Crippen LogP contribution in [0.15, 0.2) is 12.1 Å². The Kier molecular flexibility index (Phi) is 4.58. The first kappa shape index (κ1) is 12.0. The van der Waals surface area contributed by atoms with Gasteiger partial charge in [0.25, 0.3) is 5.91 Å². The number of amides is 1. The van der Waals surface area contributed by atoms with Gasteiger partial charge < -0.3 is 15.5 Å². The van der Waals surface area contributed by atoms with Crippen LogP contribution in [0.5, 0.6) is 0 Å². The molecule has 0 atom stereocenters. The number of thiophene rings is 1. The van der Waals surface area contributed by atoms with Gasteiger partial charge in [-0.1, -0.05) is 0 Å². The van der Waals surface area contributed by atoms with Gasteiger partial charge in [0.15, 0.2) is 0 Å². The Hall–Kier alpha value is -1.07. The van der Waals surface area contributed by atoms with Crippen LogP contribution in [0.25, 0.3) is 0 Å². The van der Waals surface area contributed by atoms with Crippen LogP contribution in [0.2, 0.25) is 0 Å². The van der Waals surface area contributed by atoms with E-state index in [4.69, 9.17) is 0 Å². The number of carbonyl (C=O) groups is 1. The van der Waals surface area contributed by atoms with Crippen LogP contribution in [0.3, 0.4) is 0 Å². The van der Waals surface area contributed by atoms with E-state index in [1.54, 1.807) is 0 Å². The molecule has 1 heterocycles. The van der Waals surface area contributed by atoms with Gasteiger partial charge in [-0.3, -0.25) is 4.79 Å². The van der Waals surface area contributed by atoms with E-state index in [9.17, 15) is 4.79 Å². The number of hydrogen-bond acceptors (Lipinski definition) is 4. The predicted octanol–water partition coefficient (Wildman–Crippen LogP) is 1.08. The third-order valence-corrected chi connectivity index (χ3v) is 3.02. The monoisotopic (exact) mass is 227 g/mol. The average Bonchev–Trinajstić information content (AvgIpc) is 2.65. The number of anilines is 1. The van der Waals surface area contributed by atoms with E-state index < -0.39 is 0 Å². The second-order valence-electron chi connectivity index (χ2n) is 3.47. The standard InChI is InChI=1S/C10H17N3OS/c1-11-9-5-4-8(15-9)10(14)12-6-7-13(2)3/h4-5,11H,6-7H2,1-3H3,(H,12,14). The maximum atomic E-state index is 11.6. The first-order valence-electron chi connectivity index (χ1n) is 4.84. The van der Waals surface area contributed by atoms with E-state index in [1.807, 2.05) is 38.2 Å². The van der Waals surface area contributed by atoms with E-state index in [0.717, 1.165) is 16.4 Å². The molecule has 0 bridgehead atoms. The minimum atomic E-state index is 0.00310. The van der Waals surface area contributed by atoms with Gasteiger partial charge >= 0.3 is 0 Å². The number of rotatable bonds is 5. The minimum Gasteiger partial charge on any atom is -0.380 e. The largest absolute Gasteiger partial charge is 0.380 e. The Morgan fingerprint density at radius 3 is 2.73 bits per heavy atom. The van der Waals surface area contributed by atoms with Gasteiger partial charge in [0.1, 0.15) is 0 Å². The van der Waals surface area contributed by atoms with Gasteiger partial charge in [0, 0.05) is 20.1 Å². The number of nitrogens with zero attached hydrogens (tertiary/aromatic N) is 1. The highest BCUT2D eigenvalue weighted by molar-refractivity contribution is 7.17. The Bertz CT molecular complexity index is 322. The van der Waals surface area contributed by atoms with Crippen LogP contribution in [-0.2, 0) is 0 Å². The van der Waals surface area contributed by atoms with Crippen molar-refractivity contribution in [2.24, 2.45) is 0 Å². The first-order chi connectivity index (χ1) is 7.13. The van der Waals surface area contributed by atoms with Gasteiger partial charge in [-0.05, 0) is 26.2 Å². The van der Waals surface area contributed by atoms with Crippen molar-refractivity contribution < 1.29 is 4.79 Å². The summed E-state index contributed by atoms with van der Waals surface area (Å²) in [5, 5.41) is 6.88. The van der Waals surface area contributed by atoms with Gasteiger partial charge in [0.2, 0.25) is 0 Å². The fourth-order valence-corrected chi connectivity index (χ4v) is 1.85. The molecule has 0 saturated heterocycles. The van der Waals surface area contributed by atoms with E-state index in [1.165, 1.54) is 11.3 Å². The van der Waals surface area contributed by atoms with Crippen molar-refractivity contribution in [3.05, 3.63) is 17.0 Å². The molecule has 0 saturated carbocycles. The molecule has 0 radical (unpaired) electrons. The lowest BCUT2D eigenvalue weighted by Gasteiger charge is -2.09. The summed E-state index contributed by atoms with van der Waals surface area (Å²) in [4.78, 5) is 14.4. The summed E-state index contributed by atoms with van der Waals surface area (Å²) in [6, 6.07) is 3.74. The Morgan fingerprint density at radius 1 is 1.47 bits per heavy atom. The molecule has 2 N–H and O–H groups in total. The molecule has 0 aliphatic carbocycles. The molecule has 1 aromatic rings. The Morgan fingerprint density at radius 2 is 2.20 bits per heavy atom. The van der Waals surface area contributed by atoms with Crippen LogP contribution in [0.4, 0.5) is 5.00 Å². The van der Waals surface area contributed by atoms with Crippen molar-refractivity contribution in [2.75, 3.05) is 39.5 Å². The van der Waals surface area contributed by atoms with Crippen molar-refractivity contribution in [3.8, 4) is 0 Å². The Balaban J connectivity index is 2.40. The van der Waals surface area contributed by atoms with E-state index in [2.05, 4.69) is 10.6 Å². The second-order valence-corrected chi connectivity index (χ2v) is 4.56. The molecule has 0 unspecified atom stereocenters. The molecule has 0 fully saturated rings. The average molecular weight is 227 g/mol. The van der Waals surface area contributed by atoms with Crippen molar-refractivity contribution >= 4 is 22.2 Å². The van der Waals surface area contributed by atoms with Crippen LogP contribution < -0.4 is 10.6 Å². The summed E-state index contributed by atoms with van der Waals surface area (Å²) in [5.41, 5.74) is 0. The Labute approximate surface area is 94.3 Å². The summed E-state index contributed by atoms with van der Waals surface area (Å²) >= 11 is 1.46. The third-order valence-electron chi connectivity index (χ3n) is 1.92. The molecular weight excluding hydrogens is 210 g/mol. The number of carbonyl (C=O) groups excluding carboxylic acids is 1. The maximum absolute atomic E-state index is 11.6. The molecule has 1 amide bonds. The SMILES string of the molecule is CNc1ccc(C(=O)NCCN(C)C)s1. The molecule has 5 heteroatoms. The van der Waals surface area contributed by atoms with E-state index in [-0.39, 0.29) is 5.91 Å². The molecule has 4 nitrogen and oxygen atoms in total. The van der Waals surface area contributed by atoms with E-state index in [0.29, 0.717) is 6.54 Å². The van der Waals surface area contributed by atoms with Crippen molar-refractivity contribution in [3.63, 3.8) is 0 Å². The number of hydrogen-bond donors (Lipinski definition) is 2. The fraction of sp³-hybridized carbons (Fsp3) is 0.500. The predicted molar refractivity (Wildman–Crippen MR) is 64.8 cm³/mol. The lowest BCUT2D eigenvalue weighted by molar-refractivity contribution is 0.0955. The smallest absolute Gasteiger partial charge is 0.261 e. The van der Waals surface area contributed by atoms with E-state index >= 15 is 0 Å². The highest BCUT2D eigenvalue weighted by atomic mass is 32.1. The summed E-state index contributed by atoms with van der Waals surface area (Å²) in [5.74, 6) is 0.00310. The third kappa shape index (κ3) is 3.89. The summed E-state index contributed by atoms with van der Waals surface area (Å²) in [6.45, 7) is 1.54. The molecule has 1 rings (SSSR count). The quantitative estimate of drug-likeness (QED) is 0.791. The molecule has 15 heavy (non-hydrogen) atoms. The van der Waals surface area contributed by atoms with Crippen LogP contribution >= 0.6 is 11.3 Å². The first-order valence-corrected chi connectivity index (χ1v) is 5.65. The maximum Gasteiger partial charge on any atom is 0.261 e. The van der Waals surface area contributed by atoms with Crippen molar-refractivity contribution in [2.45, 2.75) is 0 Å². The lowest BCUT2D eigenvalue weighted by Crippen LogP contribution is -2.30. The zero-order valence-electron chi connectivity index (χ0n) is 9.33. The molecule has 84 valence electrons. The number of nitrogens with one attached hydrogen (secondary N) is 2. The lowest BCUT2D eigenvalue weighted by atomic mass is 10.4. The fourth-order valence-electron chi connectivity index (χ4n) is 1.07. The summed E-state index contributed by atoms with van der Waals surface area (Å²) < 4.78 is 0. The highest BCUT2D eigenvalue weighted by Crippen LogP contribution is 2.20. The highest BCUT2D eigenvalue weighted by Gasteiger charge is 2.07. The topological polar surface area (TPSA) is 44.4 Å². The molecule has 0 aliphatic rings. The second kappa shape index (κ2) is 5.72. The summed E-state index contributed by atoms with van der Waals surface area (Å²) in [7, 11) is 5.81. The van der Waals surface area contributed by atoms with Gasteiger partial charge in [-0.25, -0.2) is 0 Å². The van der Waals surface area contributed by atoms with Crippen molar-refractivity contribution in [1.82, 2.24) is 10.2 Å². The molecule has 0 aliphatic heterocycles. The molecule has 1 aromatic heterocycles. The number of likely N-dealkylation sites (N-methyl/N-ethyl adjacent to an activating group) is 1. The normalized spacial score (nSPS) is 10.4. The van der Waals surface area contributed by atoms with Gasteiger partial charge in [-0.15, -0.1) is 11.3 Å². The minimum absolute atomic E-state index is 0.00310. The molecule has 0 spiro atoms. The van der Waals surface area contributed by atoms with Crippen LogP contribution in [-0.4, -0.2) is 45.0 Å². The molecular formula is C10H17N3OS. The summed E-state index contributed by atoms with van der Waals surface area (Å²) in [6.07, 6.45) is 0. The molecule has 0 aromatic carbocycles. The zero-order chi connectivity index (χ0) is 11.3. The van der Waals surface area contributed by atoms with Gasteiger partial charge in [0.05, 0.1) is 9.88 Å². The zero-order valence-corrected chi connectivity index (χ0v) is 10.1. The van der Waals surface area contributed by atoms with Gasteiger partial charge in [-0.2, -0.15) is 0 Å². The van der Waals surface area contributed by atoms with Crippen LogP contribution in [0, 0.1) is 0 Å². The van der Waals surface area contributed by atoms with Crippen molar-refractivity contribution in [1.29, 1.82) is 0 Å². The van der Waals surface area contributed by atoms with Crippen LogP contribution in [0.1, 0.15) is 9.67 Å².